The molecule has 1 fully saturated rings. The van der Waals surface area contributed by atoms with Crippen LogP contribution in [0.15, 0.2) is 18.2 Å². The predicted octanol–water partition coefficient (Wildman–Crippen LogP) is 2.27. The molecule has 1 aromatic rings. The van der Waals surface area contributed by atoms with Crippen molar-refractivity contribution in [3.63, 3.8) is 0 Å². The van der Waals surface area contributed by atoms with E-state index in [1.165, 1.54) is 7.11 Å². The summed E-state index contributed by atoms with van der Waals surface area (Å²) in [6, 6.07) is 4.98. The molecule has 98 valence electrons. The number of rotatable bonds is 2. The largest absolute Gasteiger partial charge is 0.504 e. The van der Waals surface area contributed by atoms with Gasteiger partial charge in [-0.3, -0.25) is 4.79 Å². The van der Waals surface area contributed by atoms with E-state index < -0.39 is 0 Å². The second-order valence-corrected chi connectivity index (χ2v) is 5.50. The minimum Gasteiger partial charge on any atom is -0.504 e. The molecule has 2 rings (SSSR count). The number of hydrogen-bond donors (Lipinski definition) is 1. The van der Waals surface area contributed by atoms with Crippen LogP contribution in [0, 0.1) is 5.41 Å². The fraction of sp³-hybridized carbons (Fsp3) is 0.500. The summed E-state index contributed by atoms with van der Waals surface area (Å²) in [6.45, 7) is 5.75. The number of hydrogen-bond acceptors (Lipinski definition) is 3. The van der Waals surface area contributed by atoms with Crippen LogP contribution in [0.25, 0.3) is 0 Å². The maximum atomic E-state index is 12.3. The molecule has 18 heavy (non-hydrogen) atoms. The van der Waals surface area contributed by atoms with E-state index in [2.05, 4.69) is 13.8 Å². The van der Waals surface area contributed by atoms with Crippen LogP contribution in [0.1, 0.15) is 30.6 Å². The molecule has 1 heterocycles. The summed E-state index contributed by atoms with van der Waals surface area (Å²) in [5.41, 5.74) is 0.469. The smallest absolute Gasteiger partial charge is 0.257 e. The average molecular weight is 249 g/mol. The number of phenols is 1. The SMILES string of the molecule is COc1cccc(C(=O)N2CCC(C)(C)C2)c1O. The second-order valence-electron chi connectivity index (χ2n) is 5.50. The van der Waals surface area contributed by atoms with Gasteiger partial charge in [-0.2, -0.15) is 0 Å². The van der Waals surface area contributed by atoms with Crippen LogP contribution >= 0.6 is 0 Å². The minimum atomic E-state index is -0.128. The predicted molar refractivity (Wildman–Crippen MR) is 69.0 cm³/mol. The molecule has 1 saturated heterocycles. The van der Waals surface area contributed by atoms with Gasteiger partial charge in [0.05, 0.1) is 12.7 Å². The Morgan fingerprint density at radius 1 is 1.44 bits per heavy atom. The Hall–Kier alpha value is -1.71. The molecule has 0 radical (unpaired) electrons. The van der Waals surface area contributed by atoms with Crippen LogP contribution in [0.3, 0.4) is 0 Å². The number of likely N-dealkylation sites (tertiary alicyclic amines) is 1. The summed E-state index contributed by atoms with van der Waals surface area (Å²) in [5.74, 6) is 0.131. The molecular formula is C14H19NO3. The molecule has 0 aliphatic carbocycles. The molecule has 1 aromatic carbocycles. The molecule has 0 bridgehead atoms. The van der Waals surface area contributed by atoms with Crippen molar-refractivity contribution in [3.05, 3.63) is 23.8 Å². The van der Waals surface area contributed by atoms with Crippen LogP contribution in [-0.2, 0) is 0 Å². The van der Waals surface area contributed by atoms with E-state index in [4.69, 9.17) is 4.74 Å². The molecule has 1 aliphatic heterocycles. The third-order valence-corrected chi connectivity index (χ3v) is 3.41. The summed E-state index contributed by atoms with van der Waals surface area (Å²) >= 11 is 0. The third kappa shape index (κ3) is 2.28. The van der Waals surface area contributed by atoms with Gasteiger partial charge in [-0.1, -0.05) is 19.9 Å². The average Bonchev–Trinajstić information content (AvgIpc) is 2.69. The van der Waals surface area contributed by atoms with Crippen molar-refractivity contribution in [2.45, 2.75) is 20.3 Å². The maximum Gasteiger partial charge on any atom is 0.257 e. The molecule has 0 spiro atoms. The van der Waals surface area contributed by atoms with Crippen molar-refractivity contribution >= 4 is 5.91 Å². The molecule has 0 aromatic heterocycles. The standard InChI is InChI=1S/C14H19NO3/c1-14(2)7-8-15(9-14)13(17)10-5-4-6-11(18-3)12(10)16/h4-6,16H,7-9H2,1-3H3. The fourth-order valence-electron chi connectivity index (χ4n) is 2.32. The lowest BCUT2D eigenvalue weighted by Crippen LogP contribution is -2.30. The number of para-hydroxylation sites is 1. The highest BCUT2D eigenvalue weighted by Gasteiger charge is 2.33. The zero-order valence-electron chi connectivity index (χ0n) is 11.1. The molecule has 0 atom stereocenters. The Morgan fingerprint density at radius 2 is 2.17 bits per heavy atom. The normalized spacial score (nSPS) is 17.8. The van der Waals surface area contributed by atoms with Gasteiger partial charge < -0.3 is 14.7 Å². The summed E-state index contributed by atoms with van der Waals surface area (Å²) in [7, 11) is 1.47. The number of aromatic hydroxyl groups is 1. The first-order valence-electron chi connectivity index (χ1n) is 6.10. The maximum absolute atomic E-state index is 12.3. The first-order chi connectivity index (χ1) is 8.44. The van der Waals surface area contributed by atoms with E-state index in [1.807, 2.05) is 0 Å². The number of carbonyl (C=O) groups is 1. The Balaban J connectivity index is 2.25. The highest BCUT2D eigenvalue weighted by atomic mass is 16.5. The van der Waals surface area contributed by atoms with Crippen molar-refractivity contribution in [2.24, 2.45) is 5.41 Å². The lowest BCUT2D eigenvalue weighted by molar-refractivity contribution is 0.0774. The van der Waals surface area contributed by atoms with E-state index in [0.29, 0.717) is 11.3 Å². The topological polar surface area (TPSA) is 49.8 Å². The van der Waals surface area contributed by atoms with Gasteiger partial charge in [0.1, 0.15) is 0 Å². The summed E-state index contributed by atoms with van der Waals surface area (Å²) < 4.78 is 5.02. The molecule has 1 amide bonds. The highest BCUT2D eigenvalue weighted by molar-refractivity contribution is 5.97. The number of amides is 1. The third-order valence-electron chi connectivity index (χ3n) is 3.41. The highest BCUT2D eigenvalue weighted by Crippen LogP contribution is 2.34. The van der Waals surface area contributed by atoms with Gasteiger partial charge in [0.2, 0.25) is 0 Å². The van der Waals surface area contributed by atoms with Crippen molar-refractivity contribution in [2.75, 3.05) is 20.2 Å². The Morgan fingerprint density at radius 3 is 2.72 bits per heavy atom. The number of phenolic OH excluding ortho intramolecular Hbond substituents is 1. The van der Waals surface area contributed by atoms with Gasteiger partial charge in [0.15, 0.2) is 11.5 Å². The van der Waals surface area contributed by atoms with Crippen LogP contribution < -0.4 is 4.74 Å². The number of ether oxygens (including phenoxy) is 1. The zero-order valence-corrected chi connectivity index (χ0v) is 11.1. The molecule has 4 nitrogen and oxygen atoms in total. The molecule has 0 unspecified atom stereocenters. The van der Waals surface area contributed by atoms with E-state index in [0.717, 1.165) is 19.5 Å². The van der Waals surface area contributed by atoms with Gasteiger partial charge in [-0.05, 0) is 24.0 Å². The monoisotopic (exact) mass is 249 g/mol. The fourth-order valence-corrected chi connectivity index (χ4v) is 2.32. The van der Waals surface area contributed by atoms with Gasteiger partial charge in [-0.15, -0.1) is 0 Å². The van der Waals surface area contributed by atoms with Gasteiger partial charge in [0.25, 0.3) is 5.91 Å². The van der Waals surface area contributed by atoms with Gasteiger partial charge >= 0.3 is 0 Å². The number of nitrogens with zero attached hydrogens (tertiary/aromatic N) is 1. The van der Waals surface area contributed by atoms with Gasteiger partial charge in [-0.25, -0.2) is 0 Å². The summed E-state index contributed by atoms with van der Waals surface area (Å²) in [5, 5.41) is 9.98. The summed E-state index contributed by atoms with van der Waals surface area (Å²) in [6.07, 6.45) is 0.990. The first-order valence-corrected chi connectivity index (χ1v) is 6.10. The second kappa shape index (κ2) is 4.52. The lowest BCUT2D eigenvalue weighted by Gasteiger charge is -2.20. The lowest BCUT2D eigenvalue weighted by atomic mass is 9.93. The van der Waals surface area contributed by atoms with Crippen molar-refractivity contribution in [1.82, 2.24) is 4.90 Å². The van der Waals surface area contributed by atoms with Crippen LogP contribution in [0.4, 0.5) is 0 Å². The first kappa shape index (κ1) is 12.7. The molecule has 1 N–H and O–H groups in total. The minimum absolute atomic E-state index is 0.0743. The van der Waals surface area contributed by atoms with Gasteiger partial charge in [0, 0.05) is 13.1 Å². The van der Waals surface area contributed by atoms with Crippen LogP contribution in [0.2, 0.25) is 0 Å². The van der Waals surface area contributed by atoms with E-state index in [9.17, 15) is 9.90 Å². The molecule has 4 heteroatoms. The Labute approximate surface area is 107 Å². The van der Waals surface area contributed by atoms with E-state index in [-0.39, 0.29) is 17.1 Å². The number of benzene rings is 1. The van der Waals surface area contributed by atoms with Crippen molar-refractivity contribution < 1.29 is 14.6 Å². The zero-order chi connectivity index (χ0) is 13.3. The number of methoxy groups -OCH3 is 1. The van der Waals surface area contributed by atoms with Crippen molar-refractivity contribution in [1.29, 1.82) is 0 Å². The Bertz CT molecular complexity index is 468. The van der Waals surface area contributed by atoms with E-state index in [1.54, 1.807) is 23.1 Å². The van der Waals surface area contributed by atoms with Crippen molar-refractivity contribution in [3.8, 4) is 11.5 Å². The molecular weight excluding hydrogens is 230 g/mol. The Kier molecular flexibility index (Phi) is 3.20. The quantitative estimate of drug-likeness (QED) is 0.874. The number of carbonyl (C=O) groups excluding carboxylic acids is 1. The molecule has 0 saturated carbocycles. The molecule has 1 aliphatic rings. The summed E-state index contributed by atoms with van der Waals surface area (Å²) in [4.78, 5) is 14.1. The van der Waals surface area contributed by atoms with E-state index >= 15 is 0 Å². The van der Waals surface area contributed by atoms with Crippen LogP contribution in [0.5, 0.6) is 11.5 Å². The van der Waals surface area contributed by atoms with Crippen LogP contribution in [-0.4, -0.2) is 36.1 Å².